The number of pyridine rings is 2. The average Bonchev–Trinajstić information content (AvgIpc) is 2.53. The molecule has 0 unspecified atom stereocenters. The first-order chi connectivity index (χ1) is 9.79. The summed E-state index contributed by atoms with van der Waals surface area (Å²) in [6.45, 7) is 0. The zero-order valence-corrected chi connectivity index (χ0v) is 13.3. The molecule has 0 N–H and O–H groups in total. The van der Waals surface area contributed by atoms with Gasteiger partial charge in [-0.05, 0) is 18.2 Å². The van der Waals surface area contributed by atoms with E-state index in [9.17, 15) is 8.78 Å². The second kappa shape index (κ2) is 9.06. The topological polar surface area (TPSA) is 25.8 Å². The van der Waals surface area contributed by atoms with E-state index in [4.69, 9.17) is 0 Å². The van der Waals surface area contributed by atoms with Crippen molar-refractivity contribution < 1.29 is 28.9 Å². The van der Waals surface area contributed by atoms with Crippen LogP contribution in [0.25, 0.3) is 11.3 Å². The van der Waals surface area contributed by atoms with Crippen LogP contribution in [0.1, 0.15) is 0 Å². The molecule has 2 nitrogen and oxygen atoms in total. The summed E-state index contributed by atoms with van der Waals surface area (Å²) in [5, 5.41) is 0. The Labute approximate surface area is 135 Å². The van der Waals surface area contributed by atoms with Gasteiger partial charge in [0.1, 0.15) is 5.69 Å². The van der Waals surface area contributed by atoms with Gasteiger partial charge in [-0.3, -0.25) is 9.97 Å². The molecule has 21 heavy (non-hydrogen) atoms. The van der Waals surface area contributed by atoms with Crippen molar-refractivity contribution in [2.75, 3.05) is 0 Å². The van der Waals surface area contributed by atoms with Crippen molar-refractivity contribution in [1.29, 1.82) is 0 Å². The van der Waals surface area contributed by atoms with Crippen LogP contribution < -0.4 is 0 Å². The summed E-state index contributed by atoms with van der Waals surface area (Å²) in [7, 11) is 0. The zero-order valence-electron chi connectivity index (χ0n) is 10.9. The molecule has 2 heterocycles. The van der Waals surface area contributed by atoms with E-state index in [0.717, 1.165) is 6.07 Å². The molecule has 1 radical (unpaired) electrons. The van der Waals surface area contributed by atoms with Crippen molar-refractivity contribution in [3.8, 4) is 11.3 Å². The van der Waals surface area contributed by atoms with E-state index in [1.54, 1.807) is 42.7 Å². The van der Waals surface area contributed by atoms with Crippen LogP contribution in [0.2, 0.25) is 0 Å². The summed E-state index contributed by atoms with van der Waals surface area (Å²) in [6, 6.07) is 15.4. The van der Waals surface area contributed by atoms with E-state index in [2.05, 4.69) is 9.97 Å². The molecule has 109 valence electrons. The summed E-state index contributed by atoms with van der Waals surface area (Å²) >= 11 is 0. The van der Waals surface area contributed by atoms with E-state index in [1.807, 2.05) is 18.2 Å². The first kappa shape index (κ1) is 17.1. The third-order valence-corrected chi connectivity index (χ3v) is 2.46. The van der Waals surface area contributed by atoms with Gasteiger partial charge in [0, 0.05) is 44.3 Å². The summed E-state index contributed by atoms with van der Waals surface area (Å²) in [5.41, 5.74) is 0.620. The van der Waals surface area contributed by atoms with Gasteiger partial charge in [0.2, 0.25) is 0 Å². The smallest absolute Gasteiger partial charge is 0.185 e. The Morgan fingerprint density at radius 3 is 1.86 bits per heavy atom. The molecular weight excluding hydrogens is 450 g/mol. The molecule has 0 spiro atoms. The van der Waals surface area contributed by atoms with Crippen molar-refractivity contribution in [2.45, 2.75) is 0 Å². The third kappa shape index (κ3) is 5.14. The number of halogens is 2. The van der Waals surface area contributed by atoms with Crippen LogP contribution in [0.15, 0.2) is 73.2 Å². The predicted molar refractivity (Wildman–Crippen MR) is 73.8 cm³/mol. The molecule has 0 aliphatic heterocycles. The van der Waals surface area contributed by atoms with Crippen LogP contribution in [-0.2, 0) is 20.1 Å². The van der Waals surface area contributed by atoms with Gasteiger partial charge in [0.05, 0.1) is 0 Å². The minimum atomic E-state index is -0.904. The van der Waals surface area contributed by atoms with Crippen LogP contribution in [0.4, 0.5) is 8.78 Å². The Balaban J connectivity index is 0.000000267. The molecule has 0 aliphatic carbocycles. The molecule has 3 rings (SSSR count). The standard InChI is InChI=1S/C11H7F2N.C5H5N.Ir/c12-9-6-7-14-11(10(9)13)8-4-2-1-3-5-8;1-2-4-6-5-3-1;/h1-7H;1-5H;. The van der Waals surface area contributed by atoms with Crippen molar-refractivity contribution in [1.82, 2.24) is 9.97 Å². The molecule has 0 aliphatic rings. The number of benzene rings is 1. The van der Waals surface area contributed by atoms with E-state index in [-0.39, 0.29) is 25.8 Å². The van der Waals surface area contributed by atoms with Crippen molar-refractivity contribution in [2.24, 2.45) is 0 Å². The maximum atomic E-state index is 13.2. The molecule has 0 fully saturated rings. The van der Waals surface area contributed by atoms with Gasteiger partial charge in [0.15, 0.2) is 11.6 Å². The van der Waals surface area contributed by atoms with E-state index in [1.165, 1.54) is 6.20 Å². The molecule has 5 heteroatoms. The van der Waals surface area contributed by atoms with E-state index in [0.29, 0.717) is 5.56 Å². The van der Waals surface area contributed by atoms with Crippen LogP contribution in [0, 0.1) is 11.6 Å². The summed E-state index contributed by atoms with van der Waals surface area (Å²) < 4.78 is 26.1. The van der Waals surface area contributed by atoms with Gasteiger partial charge in [-0.1, -0.05) is 36.4 Å². The zero-order chi connectivity index (χ0) is 14.2. The van der Waals surface area contributed by atoms with Crippen LogP contribution in [0.5, 0.6) is 0 Å². The van der Waals surface area contributed by atoms with Gasteiger partial charge >= 0.3 is 0 Å². The molecule has 1 aromatic carbocycles. The maximum Gasteiger partial charge on any atom is 0.185 e. The van der Waals surface area contributed by atoms with Crippen molar-refractivity contribution in [3.63, 3.8) is 0 Å². The second-order valence-corrected chi connectivity index (χ2v) is 3.85. The largest absolute Gasteiger partial charge is 0.265 e. The first-order valence-electron chi connectivity index (χ1n) is 5.99. The monoisotopic (exact) mass is 463 g/mol. The van der Waals surface area contributed by atoms with Gasteiger partial charge in [-0.15, -0.1) is 0 Å². The van der Waals surface area contributed by atoms with Crippen molar-refractivity contribution in [3.05, 3.63) is 84.8 Å². The number of hydrogen-bond acceptors (Lipinski definition) is 2. The molecule has 2 aromatic heterocycles. The summed E-state index contributed by atoms with van der Waals surface area (Å²) in [6.07, 6.45) is 4.75. The number of hydrogen-bond donors (Lipinski definition) is 0. The summed E-state index contributed by atoms with van der Waals surface area (Å²) in [5.74, 6) is -1.78. The average molecular weight is 462 g/mol. The van der Waals surface area contributed by atoms with Gasteiger partial charge in [0.25, 0.3) is 0 Å². The summed E-state index contributed by atoms with van der Waals surface area (Å²) in [4.78, 5) is 7.58. The van der Waals surface area contributed by atoms with Crippen LogP contribution >= 0.6 is 0 Å². The van der Waals surface area contributed by atoms with E-state index >= 15 is 0 Å². The molecule has 0 saturated heterocycles. The quantitative estimate of drug-likeness (QED) is 0.544. The molecule has 3 aromatic rings. The van der Waals surface area contributed by atoms with Gasteiger partial charge in [-0.25, -0.2) is 8.78 Å². The molecular formula is C16H12F2IrN2. The first-order valence-corrected chi connectivity index (χ1v) is 5.99. The second-order valence-electron chi connectivity index (χ2n) is 3.85. The van der Waals surface area contributed by atoms with Crippen LogP contribution in [-0.4, -0.2) is 9.97 Å². The molecule has 0 atom stereocenters. The minimum absolute atomic E-state index is 0. The number of rotatable bonds is 1. The third-order valence-electron chi connectivity index (χ3n) is 2.46. The molecule has 0 saturated carbocycles. The normalized spacial score (nSPS) is 9.05. The Kier molecular flexibility index (Phi) is 7.37. The van der Waals surface area contributed by atoms with Gasteiger partial charge in [-0.2, -0.15) is 0 Å². The number of aromatic nitrogens is 2. The molecule has 0 amide bonds. The molecule has 0 bridgehead atoms. The van der Waals surface area contributed by atoms with Crippen molar-refractivity contribution >= 4 is 0 Å². The fourth-order valence-corrected chi connectivity index (χ4v) is 1.53. The Hall–Kier alpha value is -1.97. The number of nitrogens with zero attached hydrogens (tertiary/aromatic N) is 2. The SMILES string of the molecule is Fc1ccnc(-c2ccccc2)c1F.[Ir].c1ccncc1. The Morgan fingerprint density at radius 1 is 0.714 bits per heavy atom. The maximum absolute atomic E-state index is 13.2. The van der Waals surface area contributed by atoms with Gasteiger partial charge < -0.3 is 0 Å². The fraction of sp³-hybridized carbons (Fsp3) is 0. The Morgan fingerprint density at radius 2 is 1.33 bits per heavy atom. The fourth-order valence-electron chi connectivity index (χ4n) is 1.53. The Bertz CT molecular complexity index is 622. The predicted octanol–water partition coefficient (Wildman–Crippen LogP) is 4.11. The minimum Gasteiger partial charge on any atom is -0.265 e. The van der Waals surface area contributed by atoms with Crippen LogP contribution in [0.3, 0.4) is 0 Å². The van der Waals surface area contributed by atoms with E-state index < -0.39 is 11.6 Å².